The maximum atomic E-state index is 12.9. The van der Waals surface area contributed by atoms with Crippen molar-refractivity contribution >= 4 is 5.97 Å². The molecule has 2 aromatic rings. The number of benzene rings is 2. The fourth-order valence-corrected chi connectivity index (χ4v) is 2.87. The van der Waals surface area contributed by atoms with Gasteiger partial charge >= 0.3 is 5.97 Å². The van der Waals surface area contributed by atoms with Gasteiger partial charge < -0.3 is 37.9 Å². The average molecular weight is 483 g/mol. The lowest BCUT2D eigenvalue weighted by Gasteiger charge is -2.35. The van der Waals surface area contributed by atoms with Crippen molar-refractivity contribution in [3.05, 3.63) is 65.7 Å². The average Bonchev–Trinajstić information content (AvgIpc) is 2.68. The fourth-order valence-electron chi connectivity index (χ4n) is 2.87. The van der Waals surface area contributed by atoms with Gasteiger partial charge in [-0.2, -0.15) is 0 Å². The van der Waals surface area contributed by atoms with Crippen LogP contribution in [0, 0.1) is 0 Å². The number of esters is 1. The molecule has 0 saturated heterocycles. The lowest BCUT2D eigenvalue weighted by molar-refractivity contribution is -0.909. The molecule has 0 heterocycles. The maximum Gasteiger partial charge on any atom is 0.342 e. The van der Waals surface area contributed by atoms with Gasteiger partial charge in [0.2, 0.25) is 0 Å². The van der Waals surface area contributed by atoms with E-state index in [0.717, 1.165) is 29.7 Å². The zero-order valence-corrected chi connectivity index (χ0v) is 18.8. The molecular formula is C22H30INO3. The van der Waals surface area contributed by atoms with E-state index < -0.39 is 0 Å². The molecule has 0 amide bonds. The number of rotatable bonds is 9. The molecule has 0 N–H and O–H groups in total. The molecule has 5 heteroatoms. The zero-order valence-electron chi connectivity index (χ0n) is 16.7. The van der Waals surface area contributed by atoms with Crippen LogP contribution < -0.4 is 28.7 Å². The molecule has 0 aliphatic rings. The van der Waals surface area contributed by atoms with Crippen molar-refractivity contribution in [2.45, 2.75) is 26.9 Å². The Labute approximate surface area is 180 Å². The van der Waals surface area contributed by atoms with Gasteiger partial charge in [-0.1, -0.05) is 42.5 Å². The van der Waals surface area contributed by atoms with E-state index in [9.17, 15) is 4.79 Å². The number of likely N-dealkylation sites (N-methyl/N-ethyl adjacent to an activating group) is 1. The Morgan fingerprint density at radius 3 is 2.15 bits per heavy atom. The third-order valence-corrected chi connectivity index (χ3v) is 4.96. The Kier molecular flexibility index (Phi) is 9.80. The number of carbonyl (C=O) groups is 1. The van der Waals surface area contributed by atoms with E-state index in [1.165, 1.54) is 0 Å². The lowest BCUT2D eigenvalue weighted by Crippen LogP contribution is -3.00. The number of halogens is 1. The molecule has 27 heavy (non-hydrogen) atoms. The monoisotopic (exact) mass is 483 g/mol. The summed E-state index contributed by atoms with van der Waals surface area (Å²) in [5, 5.41) is 0. The minimum Gasteiger partial charge on any atom is -1.00 e. The van der Waals surface area contributed by atoms with Crippen molar-refractivity contribution < 1.29 is 42.7 Å². The van der Waals surface area contributed by atoms with Crippen molar-refractivity contribution in [2.75, 3.05) is 33.3 Å². The number of para-hydroxylation sites is 1. The van der Waals surface area contributed by atoms with Gasteiger partial charge in [-0.05, 0) is 38.5 Å². The van der Waals surface area contributed by atoms with Gasteiger partial charge in [-0.25, -0.2) is 4.79 Å². The fraction of sp³-hybridized carbons (Fsp3) is 0.409. The number of hydrogen-bond donors (Lipinski definition) is 0. The predicted octanol–water partition coefficient (Wildman–Crippen LogP) is 1.47. The molecule has 0 aromatic heterocycles. The van der Waals surface area contributed by atoms with E-state index in [1.807, 2.05) is 49.4 Å². The molecule has 1 atom stereocenters. The second-order valence-corrected chi connectivity index (χ2v) is 6.67. The molecule has 0 aliphatic heterocycles. The topological polar surface area (TPSA) is 35.5 Å². The van der Waals surface area contributed by atoms with Crippen LogP contribution in [0.15, 0.2) is 54.6 Å². The molecule has 2 rings (SSSR count). The number of ether oxygens (including phenoxy) is 2. The molecule has 148 valence electrons. The number of quaternary nitrogens is 1. The molecule has 0 spiro atoms. The van der Waals surface area contributed by atoms with Crippen LogP contribution in [-0.4, -0.2) is 43.7 Å². The summed E-state index contributed by atoms with van der Waals surface area (Å²) in [7, 11) is 2.19. The Balaban J connectivity index is 0.00000364. The molecular weight excluding hydrogens is 453 g/mol. The van der Waals surface area contributed by atoms with Crippen LogP contribution in [0.25, 0.3) is 0 Å². The van der Waals surface area contributed by atoms with Gasteiger partial charge in [0.15, 0.2) is 6.10 Å². The number of nitrogens with zero attached hydrogens (tertiary/aromatic N) is 1. The standard InChI is InChI=1S/C22H30NO3.HI/c1-5-23(4,6-2)17-21(18-13-9-8-10-14-18)26-22(24)19-15-11-12-16-20(19)25-7-3;/h8-16,21H,5-7,17H2,1-4H3;1H/q+1;/p-1. The minimum atomic E-state index is -0.346. The predicted molar refractivity (Wildman–Crippen MR) is 104 cm³/mol. The van der Waals surface area contributed by atoms with Crippen molar-refractivity contribution in [2.24, 2.45) is 0 Å². The van der Waals surface area contributed by atoms with Crippen LogP contribution in [0.2, 0.25) is 0 Å². The van der Waals surface area contributed by atoms with E-state index in [-0.39, 0.29) is 36.0 Å². The highest BCUT2D eigenvalue weighted by Gasteiger charge is 2.28. The third-order valence-electron chi connectivity index (χ3n) is 4.96. The second-order valence-electron chi connectivity index (χ2n) is 6.67. The summed E-state index contributed by atoms with van der Waals surface area (Å²) in [5.74, 6) is 0.219. The van der Waals surface area contributed by atoms with Gasteiger partial charge in [-0.3, -0.25) is 0 Å². The SMILES string of the molecule is CCOc1ccccc1C(=O)OC(C[N+](C)(CC)CC)c1ccccc1.[I-]. The smallest absolute Gasteiger partial charge is 0.342 e. The van der Waals surface area contributed by atoms with Crippen LogP contribution in [0.5, 0.6) is 5.75 Å². The molecule has 0 fully saturated rings. The highest BCUT2D eigenvalue weighted by molar-refractivity contribution is 5.92. The summed E-state index contributed by atoms with van der Waals surface area (Å²) >= 11 is 0. The summed E-state index contributed by atoms with van der Waals surface area (Å²) in [6.45, 7) is 9.43. The number of carbonyl (C=O) groups excluding carboxylic acids is 1. The Morgan fingerprint density at radius 2 is 1.56 bits per heavy atom. The first kappa shape index (κ1) is 23.4. The summed E-state index contributed by atoms with van der Waals surface area (Å²) in [6.07, 6.45) is -0.303. The first-order valence-corrected chi connectivity index (χ1v) is 9.34. The first-order chi connectivity index (χ1) is 12.5. The highest BCUT2D eigenvalue weighted by Crippen LogP contribution is 2.26. The molecule has 0 saturated carbocycles. The normalized spacial score (nSPS) is 12.0. The summed E-state index contributed by atoms with van der Waals surface area (Å²) < 4.78 is 12.4. The Morgan fingerprint density at radius 1 is 0.963 bits per heavy atom. The van der Waals surface area contributed by atoms with Gasteiger partial charge in [0.25, 0.3) is 0 Å². The van der Waals surface area contributed by atoms with Crippen LogP contribution in [0.3, 0.4) is 0 Å². The van der Waals surface area contributed by atoms with Crippen LogP contribution in [0.4, 0.5) is 0 Å². The number of hydrogen-bond acceptors (Lipinski definition) is 3. The third kappa shape index (κ3) is 6.50. The van der Waals surface area contributed by atoms with Crippen molar-refractivity contribution in [1.29, 1.82) is 0 Å². The van der Waals surface area contributed by atoms with Crippen LogP contribution in [0.1, 0.15) is 42.8 Å². The second kappa shape index (κ2) is 11.3. The van der Waals surface area contributed by atoms with Gasteiger partial charge in [0.1, 0.15) is 17.9 Å². The Bertz CT molecular complexity index is 702. The van der Waals surface area contributed by atoms with Gasteiger partial charge in [0.05, 0.1) is 26.7 Å². The first-order valence-electron chi connectivity index (χ1n) is 9.34. The van der Waals surface area contributed by atoms with E-state index in [4.69, 9.17) is 9.47 Å². The highest BCUT2D eigenvalue weighted by atomic mass is 127. The Hall–Kier alpha value is -1.60. The summed E-state index contributed by atoms with van der Waals surface area (Å²) in [4.78, 5) is 12.9. The van der Waals surface area contributed by atoms with Crippen LogP contribution in [-0.2, 0) is 4.74 Å². The van der Waals surface area contributed by atoms with Crippen LogP contribution >= 0.6 is 0 Å². The van der Waals surface area contributed by atoms with E-state index in [2.05, 4.69) is 20.9 Å². The zero-order chi connectivity index (χ0) is 19.0. The molecule has 4 nitrogen and oxygen atoms in total. The quantitative estimate of drug-likeness (QED) is 0.308. The largest absolute Gasteiger partial charge is 1.00 e. The summed E-state index contributed by atoms with van der Waals surface area (Å²) in [6, 6.07) is 17.2. The van der Waals surface area contributed by atoms with Gasteiger partial charge in [0, 0.05) is 0 Å². The van der Waals surface area contributed by atoms with E-state index >= 15 is 0 Å². The lowest BCUT2D eigenvalue weighted by atomic mass is 10.1. The molecule has 1 unspecified atom stereocenters. The maximum absolute atomic E-state index is 12.9. The van der Waals surface area contributed by atoms with Crippen molar-refractivity contribution in [1.82, 2.24) is 0 Å². The van der Waals surface area contributed by atoms with E-state index in [1.54, 1.807) is 12.1 Å². The molecule has 0 radical (unpaired) electrons. The summed E-state index contributed by atoms with van der Waals surface area (Å²) in [5.41, 5.74) is 1.48. The molecule has 0 aliphatic carbocycles. The minimum absolute atomic E-state index is 0. The van der Waals surface area contributed by atoms with Crippen molar-refractivity contribution in [3.63, 3.8) is 0 Å². The molecule has 2 aromatic carbocycles. The van der Waals surface area contributed by atoms with E-state index in [0.29, 0.717) is 17.9 Å². The van der Waals surface area contributed by atoms with Crippen molar-refractivity contribution in [3.8, 4) is 5.75 Å². The van der Waals surface area contributed by atoms with Gasteiger partial charge in [-0.15, -0.1) is 0 Å². The molecule has 0 bridgehead atoms.